The van der Waals surface area contributed by atoms with Gasteiger partial charge in [-0.1, -0.05) is 42.5 Å². The third-order valence-corrected chi connectivity index (χ3v) is 23.1. The fraction of sp³-hybridized carbons (Fsp3) is 0.294. The molecule has 0 radical (unpaired) electrons. The molecule has 0 spiro atoms. The first-order chi connectivity index (χ1) is 67.5. The summed E-state index contributed by atoms with van der Waals surface area (Å²) in [6, 6.07) is 22.3. The second-order valence-electron chi connectivity index (χ2n) is 31.6. The molecule has 41 heteroatoms. The molecule has 6 aromatic rings. The van der Waals surface area contributed by atoms with Gasteiger partial charge >= 0.3 is 71.6 Å². The number of hydrogen-bond acceptors (Lipinski definition) is 31. The van der Waals surface area contributed by atoms with Crippen molar-refractivity contribution >= 4 is 71.6 Å². The molecule has 0 saturated heterocycles. The Labute approximate surface area is 815 Å². The Morgan fingerprint density at radius 3 is 0.748 bits per heavy atom. The van der Waals surface area contributed by atoms with Crippen molar-refractivity contribution in [3.05, 3.63) is 342 Å². The number of halogens is 10. The fourth-order valence-electron chi connectivity index (χ4n) is 16.8. The van der Waals surface area contributed by atoms with Gasteiger partial charge in [0.2, 0.25) is 0 Å². The molecular formula is C102H104F10N6O25. The SMILES string of the molecule is COC(=O)C1=C(C)NC(C)=C(C(=O)OC)C1c1c(F)cccc1F.COC(=O)C1=C(C)NC(C)=C(C(=O)OC)C1c1cc(F)ccc1F.COC(=O)C1=C(C)NC(C)=C(C(=O)OC)C1c1ccc(F)c(F)c1.COC(=O)C1=C(C)NC(C)=C(C(=O)OC)C1c1ccc(F)cc1F.COC(=O)C1=C(C)NC(C)=C(C(=O)OC)C1c1ccc(O)cc1.COC(=O)C1=C(C)NC(C)=C(C(=O)OC)C1c1cccc(F)c1F. The van der Waals surface area contributed by atoms with Crippen molar-refractivity contribution in [1.29, 1.82) is 0 Å². The second kappa shape index (κ2) is 50.0. The number of nitrogens with one attached hydrogen (secondary N) is 6. The quantitative estimate of drug-likeness (QED) is 0.0239. The maximum atomic E-state index is 14.4. The van der Waals surface area contributed by atoms with Gasteiger partial charge in [0.15, 0.2) is 23.3 Å². The van der Waals surface area contributed by atoms with E-state index in [2.05, 4.69) is 31.9 Å². The van der Waals surface area contributed by atoms with Crippen LogP contribution in [-0.4, -0.2) is 162 Å². The normalized spacial score (nSPS) is 15.3. The van der Waals surface area contributed by atoms with Crippen LogP contribution in [0.3, 0.4) is 0 Å². The highest BCUT2D eigenvalue weighted by atomic mass is 19.2. The van der Waals surface area contributed by atoms with Gasteiger partial charge in [-0.25, -0.2) is 101 Å². The zero-order valence-electron chi connectivity index (χ0n) is 82.0. The van der Waals surface area contributed by atoms with Crippen LogP contribution in [0, 0.1) is 58.2 Å². The van der Waals surface area contributed by atoms with Crippen LogP contribution in [0.25, 0.3) is 0 Å². The molecule has 12 rings (SSSR count). The molecule has 762 valence electrons. The first-order valence-electron chi connectivity index (χ1n) is 42.6. The fourth-order valence-corrected chi connectivity index (χ4v) is 16.8. The van der Waals surface area contributed by atoms with Gasteiger partial charge < -0.3 is 93.8 Å². The zero-order chi connectivity index (χ0) is 107. The van der Waals surface area contributed by atoms with Gasteiger partial charge in [0.25, 0.3) is 0 Å². The summed E-state index contributed by atoms with van der Waals surface area (Å²) in [5.41, 5.74) is 6.51. The Kier molecular flexibility index (Phi) is 39.8. The molecule has 0 unspecified atom stereocenters. The number of hydrogen-bond donors (Lipinski definition) is 7. The van der Waals surface area contributed by atoms with Gasteiger partial charge in [-0.2, -0.15) is 0 Å². The Morgan fingerprint density at radius 1 is 0.217 bits per heavy atom. The number of esters is 12. The molecule has 0 bridgehead atoms. The number of carbonyl (C=O) groups excluding carboxylic acids is 12. The van der Waals surface area contributed by atoms with Gasteiger partial charge in [-0.3, -0.25) is 0 Å². The Bertz CT molecular complexity index is 6210. The average molecular weight is 2000 g/mol. The molecule has 0 saturated carbocycles. The van der Waals surface area contributed by atoms with Crippen LogP contribution in [0.15, 0.2) is 251 Å². The number of phenols is 1. The molecule has 0 amide bonds. The van der Waals surface area contributed by atoms with Crippen LogP contribution in [-0.2, 0) is 114 Å². The van der Waals surface area contributed by atoms with Crippen LogP contribution in [0.2, 0.25) is 0 Å². The van der Waals surface area contributed by atoms with E-state index in [1.54, 1.807) is 95.2 Å². The van der Waals surface area contributed by atoms with E-state index in [1.165, 1.54) is 114 Å². The van der Waals surface area contributed by atoms with E-state index in [4.69, 9.17) is 56.8 Å². The molecule has 7 N–H and O–H groups in total. The monoisotopic (exact) mass is 2000 g/mol. The molecule has 143 heavy (non-hydrogen) atoms. The summed E-state index contributed by atoms with van der Waals surface area (Å²) in [5, 5.41) is 27.0. The van der Waals surface area contributed by atoms with Crippen molar-refractivity contribution < 1.29 is 163 Å². The molecular weight excluding hydrogens is 1900 g/mol. The third kappa shape index (κ3) is 25.1. The van der Waals surface area contributed by atoms with Crippen molar-refractivity contribution in [2.45, 2.75) is 119 Å². The summed E-state index contributed by atoms with van der Waals surface area (Å²) < 4.78 is 197. The second-order valence-corrected chi connectivity index (χ2v) is 31.6. The largest absolute Gasteiger partial charge is 0.508 e. The van der Waals surface area contributed by atoms with E-state index in [0.717, 1.165) is 68.8 Å². The van der Waals surface area contributed by atoms with Crippen molar-refractivity contribution in [3.63, 3.8) is 0 Å². The summed E-state index contributed by atoms with van der Waals surface area (Å²) in [5.74, 6) is -23.6. The number of phenolic OH excluding ortho intramolecular Hbond substituents is 1. The minimum atomic E-state index is -1.27. The molecule has 0 aliphatic carbocycles. The van der Waals surface area contributed by atoms with Crippen LogP contribution in [0.1, 0.15) is 152 Å². The topological polar surface area (TPSA) is 408 Å². The van der Waals surface area contributed by atoms with Crippen LogP contribution in [0.5, 0.6) is 5.75 Å². The Balaban J connectivity index is 0.000000233. The molecule has 6 aliphatic heterocycles. The molecule has 0 fully saturated rings. The minimum Gasteiger partial charge on any atom is -0.508 e. The standard InChI is InChI=1S/5C17H17F2NO4.C17H19NO5/c1-8-13(16(21)23-3)15(11-7-10(18)5-6-12(11)19)14(9(2)20-8)17(22)24-4;1-8-13(16(21)23-3)15(11-6-5-10(18)7-12(11)19)14(9(2)20-8)17(22)24-4;1-8-13(16(21)23-3)15(10-5-6-11(18)12(19)7-10)14(9(2)20-8)17(22)24-4;1-8-12(16(21)23-3)14(10-6-5-7-11(18)15(10)19)13(9(2)20-8)17(22)24-4;1-8-12(16(21)23-3)15(13(9(2)20-8)17(22)24-4)14-10(18)6-5-7-11(14)19;1-9-13(16(20)22-3)15(11-5-7-12(19)8-6-11)14(10(2)18-9)17(21)23-4/h3*5-7,15,20H,1-4H3;5-7,14,20H,1-4H3;5-7,15,20H,1-4H3;5-8,15,18-19H,1-4H3. The van der Waals surface area contributed by atoms with E-state index in [9.17, 15) is 107 Å². The number of allylic oxidation sites excluding steroid dienone is 12. The maximum Gasteiger partial charge on any atom is 0.336 e. The molecule has 6 aromatic carbocycles. The summed E-state index contributed by atoms with van der Waals surface area (Å²) in [4.78, 5) is 147. The molecule has 6 heterocycles. The van der Waals surface area contributed by atoms with Gasteiger partial charge in [0.05, 0.1) is 188 Å². The van der Waals surface area contributed by atoms with E-state index in [1.807, 2.05) is 0 Å². The smallest absolute Gasteiger partial charge is 0.336 e. The first-order valence-corrected chi connectivity index (χ1v) is 42.6. The lowest BCUT2D eigenvalue weighted by atomic mass is 9.80. The molecule has 6 aliphatic rings. The number of aromatic hydroxyl groups is 1. The van der Waals surface area contributed by atoms with Crippen LogP contribution in [0.4, 0.5) is 43.9 Å². The van der Waals surface area contributed by atoms with E-state index in [0.29, 0.717) is 91.1 Å². The highest BCUT2D eigenvalue weighted by molar-refractivity contribution is 6.05. The highest BCUT2D eigenvalue weighted by Crippen LogP contribution is 2.48. The van der Waals surface area contributed by atoms with Crippen LogP contribution >= 0.6 is 0 Å². The molecule has 31 nitrogen and oxygen atoms in total. The predicted octanol–water partition coefficient (Wildman–Crippen LogP) is 14.7. The number of carbonyl (C=O) groups is 12. The predicted molar refractivity (Wildman–Crippen MR) is 492 cm³/mol. The lowest BCUT2D eigenvalue weighted by Crippen LogP contribution is -2.32. The maximum absolute atomic E-state index is 14.4. The van der Waals surface area contributed by atoms with Crippen LogP contribution < -0.4 is 31.9 Å². The number of benzene rings is 6. The molecule has 0 atom stereocenters. The molecule has 0 aromatic heterocycles. The summed E-state index contributed by atoms with van der Waals surface area (Å²) in [6.07, 6.45) is 0. The lowest BCUT2D eigenvalue weighted by molar-refractivity contribution is -0.139. The van der Waals surface area contributed by atoms with E-state index < -0.39 is 171 Å². The summed E-state index contributed by atoms with van der Waals surface area (Å²) in [7, 11) is 14.3. The van der Waals surface area contributed by atoms with Gasteiger partial charge in [-0.05, 0) is 161 Å². The van der Waals surface area contributed by atoms with Crippen molar-refractivity contribution in [1.82, 2.24) is 31.9 Å². The Hall–Kier alpha value is -16.3. The lowest BCUT2D eigenvalue weighted by Gasteiger charge is -2.30. The van der Waals surface area contributed by atoms with Crippen molar-refractivity contribution in [2.75, 3.05) is 85.3 Å². The van der Waals surface area contributed by atoms with Gasteiger partial charge in [0.1, 0.15) is 40.7 Å². The first kappa shape index (κ1) is 114. The Morgan fingerprint density at radius 2 is 0.455 bits per heavy atom. The number of dihydropyridines is 6. The van der Waals surface area contributed by atoms with Crippen molar-refractivity contribution in [3.8, 4) is 5.75 Å². The number of ether oxygens (including phenoxy) is 12. The minimum absolute atomic E-state index is 0.0163. The van der Waals surface area contributed by atoms with Gasteiger partial charge in [-0.15, -0.1) is 0 Å². The zero-order valence-corrected chi connectivity index (χ0v) is 82.0. The average Bonchev–Trinajstić information content (AvgIpc) is 0.703. The third-order valence-electron chi connectivity index (χ3n) is 23.1. The van der Waals surface area contributed by atoms with Crippen molar-refractivity contribution in [2.24, 2.45) is 0 Å². The summed E-state index contributed by atoms with van der Waals surface area (Å²) in [6.45, 7) is 19.5. The highest BCUT2D eigenvalue weighted by Gasteiger charge is 2.46. The number of rotatable bonds is 18. The van der Waals surface area contributed by atoms with E-state index >= 15 is 0 Å². The van der Waals surface area contributed by atoms with E-state index in [-0.39, 0.29) is 83.7 Å². The number of methoxy groups -OCH3 is 12. The summed E-state index contributed by atoms with van der Waals surface area (Å²) >= 11 is 0. The van der Waals surface area contributed by atoms with Gasteiger partial charge in [0, 0.05) is 96.7 Å².